The molecule has 1 atom stereocenters. The Labute approximate surface area is 125 Å². The third-order valence-corrected chi connectivity index (χ3v) is 4.54. The van der Waals surface area contributed by atoms with Crippen molar-refractivity contribution < 1.29 is 9.90 Å². The summed E-state index contributed by atoms with van der Waals surface area (Å²) in [6.07, 6.45) is 1.76. The van der Waals surface area contributed by atoms with Crippen LogP contribution in [0, 0.1) is 11.8 Å². The molecule has 104 valence electrons. The monoisotopic (exact) mass is 306 g/mol. The van der Waals surface area contributed by atoms with Crippen LogP contribution >= 0.6 is 22.7 Å². The number of aliphatic hydroxyl groups excluding tert-OH is 1. The maximum Gasteiger partial charge on any atom is 0.262 e. The Bertz CT molecular complexity index is 623. The molecule has 0 bridgehead atoms. The number of thiophene rings is 1. The maximum absolute atomic E-state index is 12.1. The van der Waals surface area contributed by atoms with Gasteiger partial charge in [-0.25, -0.2) is 4.98 Å². The van der Waals surface area contributed by atoms with E-state index >= 15 is 0 Å². The summed E-state index contributed by atoms with van der Waals surface area (Å²) in [6.45, 7) is 2.36. The van der Waals surface area contributed by atoms with E-state index in [4.69, 9.17) is 5.11 Å². The van der Waals surface area contributed by atoms with Gasteiger partial charge in [0.1, 0.15) is 11.5 Å². The van der Waals surface area contributed by atoms with Gasteiger partial charge in [0.25, 0.3) is 5.91 Å². The van der Waals surface area contributed by atoms with Crippen LogP contribution in [0.1, 0.15) is 33.1 Å². The zero-order valence-corrected chi connectivity index (χ0v) is 12.6. The molecule has 2 rings (SSSR count). The van der Waals surface area contributed by atoms with E-state index in [1.807, 2.05) is 17.7 Å². The molecular formula is C14H14N2O2S2. The molecule has 6 heteroatoms. The average molecular weight is 306 g/mol. The molecule has 2 N–H and O–H groups in total. The van der Waals surface area contributed by atoms with Crippen LogP contribution in [0.5, 0.6) is 0 Å². The van der Waals surface area contributed by atoms with Crippen LogP contribution in [-0.4, -0.2) is 29.1 Å². The lowest BCUT2D eigenvalue weighted by Gasteiger charge is -2.09. The lowest BCUT2D eigenvalue weighted by Crippen LogP contribution is -2.27. The minimum atomic E-state index is -0.210. The fraction of sp³-hybridized carbons (Fsp3) is 0.286. The van der Waals surface area contributed by atoms with Crippen molar-refractivity contribution in [2.75, 3.05) is 13.2 Å². The van der Waals surface area contributed by atoms with Gasteiger partial charge >= 0.3 is 0 Å². The van der Waals surface area contributed by atoms with Gasteiger partial charge in [0.05, 0.1) is 5.01 Å². The van der Waals surface area contributed by atoms with Crippen molar-refractivity contribution in [3.63, 3.8) is 0 Å². The van der Waals surface area contributed by atoms with Gasteiger partial charge < -0.3 is 10.4 Å². The van der Waals surface area contributed by atoms with Gasteiger partial charge in [-0.2, -0.15) is 0 Å². The largest absolute Gasteiger partial charge is 0.384 e. The van der Waals surface area contributed by atoms with E-state index in [0.717, 1.165) is 5.01 Å². The molecule has 0 radical (unpaired) electrons. The Morgan fingerprint density at radius 3 is 3.05 bits per heavy atom. The van der Waals surface area contributed by atoms with Crippen LogP contribution in [0.3, 0.4) is 0 Å². The zero-order valence-electron chi connectivity index (χ0n) is 10.9. The number of carbonyl (C=O) groups is 1. The van der Waals surface area contributed by atoms with Crippen LogP contribution in [0.25, 0.3) is 0 Å². The molecule has 0 saturated heterocycles. The second-order valence-corrected chi connectivity index (χ2v) is 5.95. The first-order valence-corrected chi connectivity index (χ1v) is 7.83. The highest BCUT2D eigenvalue weighted by atomic mass is 32.1. The van der Waals surface area contributed by atoms with E-state index in [1.54, 1.807) is 23.6 Å². The van der Waals surface area contributed by atoms with Gasteiger partial charge in [0.2, 0.25) is 0 Å². The summed E-state index contributed by atoms with van der Waals surface area (Å²) in [4.78, 5) is 16.9. The van der Waals surface area contributed by atoms with E-state index < -0.39 is 0 Å². The van der Waals surface area contributed by atoms with Gasteiger partial charge in [0.15, 0.2) is 0 Å². The van der Waals surface area contributed by atoms with Crippen molar-refractivity contribution in [1.82, 2.24) is 10.3 Å². The van der Waals surface area contributed by atoms with Gasteiger partial charge in [-0.3, -0.25) is 4.79 Å². The number of rotatable bonds is 4. The standard InChI is InChI=1S/C14H14N2O2S2/c1-10(14-15-5-8-20-14)9-16-13(18)12-11(3-2-6-17)4-7-19-12/h4-5,7-8,10,17H,6,9H2,1H3,(H,16,18). The molecule has 0 aliphatic heterocycles. The Balaban J connectivity index is 1.97. The quantitative estimate of drug-likeness (QED) is 0.850. The van der Waals surface area contributed by atoms with Gasteiger partial charge in [0, 0.05) is 29.6 Å². The first-order chi connectivity index (χ1) is 9.72. The van der Waals surface area contributed by atoms with Crippen molar-refractivity contribution in [3.05, 3.63) is 38.5 Å². The molecule has 2 aromatic heterocycles. The number of nitrogens with zero attached hydrogens (tertiary/aromatic N) is 1. The number of aromatic nitrogens is 1. The van der Waals surface area contributed by atoms with Crippen molar-refractivity contribution in [1.29, 1.82) is 0 Å². The molecule has 0 saturated carbocycles. The summed E-state index contributed by atoms with van der Waals surface area (Å²) >= 11 is 2.93. The molecular weight excluding hydrogens is 292 g/mol. The topological polar surface area (TPSA) is 62.2 Å². The third kappa shape index (κ3) is 3.67. The number of carbonyl (C=O) groups excluding carboxylic acids is 1. The second kappa shape index (κ2) is 7.20. The lowest BCUT2D eigenvalue weighted by atomic mass is 10.2. The zero-order chi connectivity index (χ0) is 14.4. The predicted molar refractivity (Wildman–Crippen MR) is 81.1 cm³/mol. The fourth-order valence-corrected chi connectivity index (χ4v) is 3.07. The molecule has 0 fully saturated rings. The summed E-state index contributed by atoms with van der Waals surface area (Å²) in [5.74, 6) is 5.39. The normalized spacial score (nSPS) is 11.5. The van der Waals surface area contributed by atoms with Gasteiger partial charge in [-0.15, -0.1) is 22.7 Å². The maximum atomic E-state index is 12.1. The highest BCUT2D eigenvalue weighted by Gasteiger charge is 2.14. The number of thiazole rings is 1. The third-order valence-electron chi connectivity index (χ3n) is 2.62. The summed E-state index contributed by atoms with van der Waals surface area (Å²) < 4.78 is 0. The summed E-state index contributed by atoms with van der Waals surface area (Å²) in [7, 11) is 0. The Morgan fingerprint density at radius 2 is 2.35 bits per heavy atom. The van der Waals surface area contributed by atoms with Crippen LogP contribution in [-0.2, 0) is 0 Å². The molecule has 4 nitrogen and oxygen atoms in total. The summed E-state index contributed by atoms with van der Waals surface area (Å²) in [5, 5.41) is 16.4. The molecule has 2 aromatic rings. The van der Waals surface area contributed by atoms with Crippen molar-refractivity contribution in [3.8, 4) is 11.8 Å². The molecule has 0 aromatic carbocycles. The Morgan fingerprint density at radius 1 is 1.50 bits per heavy atom. The van der Waals surface area contributed by atoms with Crippen LogP contribution in [0.15, 0.2) is 23.0 Å². The van der Waals surface area contributed by atoms with E-state index in [0.29, 0.717) is 17.0 Å². The number of hydrogen-bond donors (Lipinski definition) is 2. The number of amides is 1. The minimum Gasteiger partial charge on any atom is -0.384 e. The molecule has 1 unspecified atom stereocenters. The molecule has 1 amide bonds. The average Bonchev–Trinajstić information content (AvgIpc) is 3.12. The molecule has 0 aliphatic carbocycles. The first kappa shape index (κ1) is 14.7. The first-order valence-electron chi connectivity index (χ1n) is 6.07. The van der Waals surface area contributed by atoms with Gasteiger partial charge in [-0.05, 0) is 11.4 Å². The summed E-state index contributed by atoms with van der Waals surface area (Å²) in [6, 6.07) is 1.78. The fourth-order valence-electron chi connectivity index (χ4n) is 1.61. The Kier molecular flexibility index (Phi) is 5.30. The summed E-state index contributed by atoms with van der Waals surface area (Å²) in [5.41, 5.74) is 0.656. The highest BCUT2D eigenvalue weighted by molar-refractivity contribution is 7.12. The van der Waals surface area contributed by atoms with Gasteiger partial charge in [-0.1, -0.05) is 18.8 Å². The van der Waals surface area contributed by atoms with E-state index in [9.17, 15) is 4.79 Å². The number of aliphatic hydroxyl groups is 1. The van der Waals surface area contributed by atoms with Crippen LogP contribution < -0.4 is 5.32 Å². The molecule has 0 aliphatic rings. The van der Waals surface area contributed by atoms with Crippen molar-refractivity contribution in [2.45, 2.75) is 12.8 Å². The second-order valence-electron chi connectivity index (χ2n) is 4.10. The lowest BCUT2D eigenvalue weighted by molar-refractivity contribution is 0.0955. The Hall–Kier alpha value is -1.68. The van der Waals surface area contributed by atoms with Crippen molar-refractivity contribution >= 4 is 28.6 Å². The van der Waals surface area contributed by atoms with Crippen LogP contribution in [0.4, 0.5) is 0 Å². The minimum absolute atomic E-state index is 0.134. The SMILES string of the molecule is CC(CNC(=O)c1sccc1C#CCO)c1nccs1. The van der Waals surface area contributed by atoms with Crippen LogP contribution in [0.2, 0.25) is 0 Å². The smallest absolute Gasteiger partial charge is 0.262 e. The van der Waals surface area contributed by atoms with Crippen molar-refractivity contribution in [2.24, 2.45) is 0 Å². The molecule has 2 heterocycles. The van der Waals surface area contributed by atoms with E-state index in [-0.39, 0.29) is 18.4 Å². The van der Waals surface area contributed by atoms with E-state index in [1.165, 1.54) is 11.3 Å². The number of hydrogen-bond acceptors (Lipinski definition) is 5. The molecule has 0 spiro atoms. The molecule has 20 heavy (non-hydrogen) atoms. The van der Waals surface area contributed by atoms with E-state index in [2.05, 4.69) is 22.1 Å². The predicted octanol–water partition coefficient (Wildman–Crippen LogP) is 2.08. The highest BCUT2D eigenvalue weighted by Crippen LogP contribution is 2.18. The number of nitrogens with one attached hydrogen (secondary N) is 1.